The van der Waals surface area contributed by atoms with Crippen LogP contribution in [0.1, 0.15) is 53.4 Å². The number of nitrogens with one attached hydrogen (secondary N) is 1. The summed E-state index contributed by atoms with van der Waals surface area (Å²) >= 11 is 1.13. The number of hydrogen-bond donors (Lipinski definition) is 1. The molecule has 28 heavy (non-hydrogen) atoms. The van der Waals surface area contributed by atoms with Gasteiger partial charge in [0, 0.05) is 31.6 Å². The van der Waals surface area contributed by atoms with Gasteiger partial charge in [-0.2, -0.15) is 4.37 Å². The van der Waals surface area contributed by atoms with E-state index in [1.165, 1.54) is 0 Å². The lowest BCUT2D eigenvalue weighted by atomic mass is 10.1. The Morgan fingerprint density at radius 2 is 2.04 bits per heavy atom. The Labute approximate surface area is 172 Å². The minimum atomic E-state index is -0.382. The molecule has 1 aromatic rings. The molecule has 0 saturated carbocycles. The van der Waals surface area contributed by atoms with Gasteiger partial charge in [0.2, 0.25) is 5.82 Å². The average Bonchev–Trinajstić information content (AvgIpc) is 3.13. The van der Waals surface area contributed by atoms with E-state index in [1.807, 2.05) is 0 Å². The standard InChI is InChI=1S/C19H34N4O4S/c1-5-6-7-8-16(24)27-15(13-20-19(2,3)4)14-26-18-17(21-28-22-18)23-9-11-25-12-10-23/h15,20H,5-14H2,1-4H3. The molecule has 1 aliphatic heterocycles. The minimum absolute atomic E-state index is 0.0754. The molecule has 1 atom stereocenters. The molecular weight excluding hydrogens is 380 g/mol. The summed E-state index contributed by atoms with van der Waals surface area (Å²) in [6.07, 6.45) is 3.02. The molecular formula is C19H34N4O4S. The molecule has 1 fully saturated rings. The highest BCUT2D eigenvalue weighted by Gasteiger charge is 2.23. The van der Waals surface area contributed by atoms with Gasteiger partial charge < -0.3 is 24.4 Å². The van der Waals surface area contributed by atoms with E-state index < -0.39 is 0 Å². The predicted molar refractivity (Wildman–Crippen MR) is 110 cm³/mol. The molecule has 0 aliphatic carbocycles. The summed E-state index contributed by atoms with van der Waals surface area (Å²) < 4.78 is 25.6. The maximum atomic E-state index is 12.2. The van der Waals surface area contributed by atoms with Crippen molar-refractivity contribution in [2.45, 2.75) is 65.0 Å². The molecule has 8 nitrogen and oxygen atoms in total. The molecule has 0 aromatic carbocycles. The van der Waals surface area contributed by atoms with Gasteiger partial charge >= 0.3 is 5.97 Å². The van der Waals surface area contributed by atoms with E-state index >= 15 is 0 Å². The van der Waals surface area contributed by atoms with E-state index in [9.17, 15) is 4.79 Å². The van der Waals surface area contributed by atoms with E-state index in [4.69, 9.17) is 14.2 Å². The second-order valence-corrected chi connectivity index (χ2v) is 8.53. The summed E-state index contributed by atoms with van der Waals surface area (Å²) in [7, 11) is 0. The van der Waals surface area contributed by atoms with Crippen LogP contribution in [0.15, 0.2) is 0 Å². The van der Waals surface area contributed by atoms with Crippen LogP contribution < -0.4 is 15.0 Å². The fourth-order valence-electron chi connectivity index (χ4n) is 2.73. The number of morpholine rings is 1. The summed E-state index contributed by atoms with van der Waals surface area (Å²) in [6, 6.07) is 0. The van der Waals surface area contributed by atoms with Crippen LogP contribution in [-0.4, -0.2) is 65.8 Å². The van der Waals surface area contributed by atoms with Gasteiger partial charge in [0.05, 0.1) is 24.9 Å². The number of unbranched alkanes of at least 4 members (excludes halogenated alkanes) is 2. The fourth-order valence-corrected chi connectivity index (χ4v) is 3.25. The molecule has 1 unspecified atom stereocenters. The maximum absolute atomic E-state index is 12.2. The topological polar surface area (TPSA) is 85.8 Å². The first-order chi connectivity index (χ1) is 13.4. The molecule has 0 bridgehead atoms. The van der Waals surface area contributed by atoms with E-state index in [2.05, 4.69) is 46.7 Å². The number of carbonyl (C=O) groups is 1. The van der Waals surface area contributed by atoms with Gasteiger partial charge in [-0.05, 0) is 27.2 Å². The summed E-state index contributed by atoms with van der Waals surface area (Å²) in [4.78, 5) is 14.3. The Hall–Kier alpha value is -1.45. The van der Waals surface area contributed by atoms with Crippen molar-refractivity contribution < 1.29 is 19.0 Å². The molecule has 1 aromatic heterocycles. The quantitative estimate of drug-likeness (QED) is 0.437. The molecule has 1 aliphatic rings. The zero-order valence-corrected chi connectivity index (χ0v) is 18.3. The number of esters is 1. The zero-order chi connectivity index (χ0) is 20.4. The first-order valence-corrected chi connectivity index (χ1v) is 10.8. The van der Waals surface area contributed by atoms with Crippen LogP contribution in [0.2, 0.25) is 0 Å². The second-order valence-electron chi connectivity index (χ2n) is 8.00. The summed E-state index contributed by atoms with van der Waals surface area (Å²) in [5.74, 6) is 1.06. The number of anilines is 1. The van der Waals surface area contributed by atoms with Crippen molar-refractivity contribution in [3.63, 3.8) is 0 Å². The molecule has 160 valence electrons. The van der Waals surface area contributed by atoms with Crippen molar-refractivity contribution >= 4 is 23.5 Å². The lowest BCUT2D eigenvalue weighted by Gasteiger charge is -2.27. The smallest absolute Gasteiger partial charge is 0.306 e. The molecule has 9 heteroatoms. The summed E-state index contributed by atoms with van der Waals surface area (Å²) in [6.45, 7) is 12.0. The average molecular weight is 415 g/mol. The highest BCUT2D eigenvalue weighted by molar-refractivity contribution is 6.99. The van der Waals surface area contributed by atoms with Crippen LogP contribution in [0.4, 0.5) is 5.82 Å². The van der Waals surface area contributed by atoms with Crippen LogP contribution in [0.5, 0.6) is 5.88 Å². The predicted octanol–water partition coefficient (Wildman–Crippen LogP) is 2.63. The highest BCUT2D eigenvalue weighted by Crippen LogP contribution is 2.26. The Bertz CT molecular complexity index is 585. The van der Waals surface area contributed by atoms with Gasteiger partial charge in [-0.25, -0.2) is 0 Å². The second kappa shape index (κ2) is 11.5. The fraction of sp³-hybridized carbons (Fsp3) is 0.842. The number of hydrogen-bond acceptors (Lipinski definition) is 9. The Balaban J connectivity index is 1.92. The molecule has 2 rings (SSSR count). The van der Waals surface area contributed by atoms with E-state index in [1.54, 1.807) is 0 Å². The van der Waals surface area contributed by atoms with Gasteiger partial charge in [0.1, 0.15) is 12.7 Å². The van der Waals surface area contributed by atoms with Crippen LogP contribution >= 0.6 is 11.7 Å². The third-order valence-corrected chi connectivity index (χ3v) is 4.80. The number of aromatic nitrogens is 2. The minimum Gasteiger partial charge on any atom is -0.470 e. The van der Waals surface area contributed by atoms with Crippen LogP contribution in [0.25, 0.3) is 0 Å². The van der Waals surface area contributed by atoms with Crippen molar-refractivity contribution in [3.05, 3.63) is 0 Å². The normalized spacial score (nSPS) is 16.1. The van der Waals surface area contributed by atoms with Crippen LogP contribution in [0.3, 0.4) is 0 Å². The summed E-state index contributed by atoms with van der Waals surface area (Å²) in [5.41, 5.74) is -0.0754. The van der Waals surface area contributed by atoms with Crippen molar-refractivity contribution in [2.24, 2.45) is 0 Å². The van der Waals surface area contributed by atoms with E-state index in [0.29, 0.717) is 32.1 Å². The highest BCUT2D eigenvalue weighted by atomic mass is 32.1. The van der Waals surface area contributed by atoms with E-state index in [0.717, 1.165) is 49.9 Å². The van der Waals surface area contributed by atoms with Crippen LogP contribution in [-0.2, 0) is 14.3 Å². The molecule has 1 saturated heterocycles. The Morgan fingerprint density at radius 1 is 1.29 bits per heavy atom. The number of nitrogens with zero attached hydrogens (tertiary/aromatic N) is 3. The first-order valence-electron chi connectivity index (χ1n) is 10.1. The van der Waals surface area contributed by atoms with Crippen molar-refractivity contribution in [1.82, 2.24) is 14.1 Å². The van der Waals surface area contributed by atoms with Crippen molar-refractivity contribution in [1.29, 1.82) is 0 Å². The van der Waals surface area contributed by atoms with Gasteiger partial charge in [0.15, 0.2) is 0 Å². The zero-order valence-electron chi connectivity index (χ0n) is 17.5. The first kappa shape index (κ1) is 22.8. The van der Waals surface area contributed by atoms with Gasteiger partial charge in [-0.15, -0.1) is 4.37 Å². The Kier molecular flexibility index (Phi) is 9.40. The van der Waals surface area contributed by atoms with Crippen molar-refractivity contribution in [3.8, 4) is 5.88 Å². The number of rotatable bonds is 11. The lowest BCUT2D eigenvalue weighted by Crippen LogP contribution is -2.44. The maximum Gasteiger partial charge on any atom is 0.306 e. The SMILES string of the molecule is CCCCCC(=O)OC(CNC(C)(C)C)COc1nsnc1N1CCOCC1. The van der Waals surface area contributed by atoms with Gasteiger partial charge in [-0.3, -0.25) is 4.79 Å². The summed E-state index contributed by atoms with van der Waals surface area (Å²) in [5, 5.41) is 3.39. The van der Waals surface area contributed by atoms with Gasteiger partial charge in [-0.1, -0.05) is 19.8 Å². The molecule has 0 radical (unpaired) electrons. The number of carbonyl (C=O) groups excluding carboxylic acids is 1. The largest absolute Gasteiger partial charge is 0.470 e. The van der Waals surface area contributed by atoms with Crippen LogP contribution in [0, 0.1) is 0 Å². The Morgan fingerprint density at radius 3 is 2.71 bits per heavy atom. The lowest BCUT2D eigenvalue weighted by molar-refractivity contribution is -0.150. The molecule has 0 spiro atoms. The molecule has 0 amide bonds. The molecule has 2 heterocycles. The monoisotopic (exact) mass is 414 g/mol. The number of ether oxygens (including phenoxy) is 3. The van der Waals surface area contributed by atoms with E-state index in [-0.39, 0.29) is 24.2 Å². The van der Waals surface area contributed by atoms with Gasteiger partial charge in [0.25, 0.3) is 5.88 Å². The third-order valence-electron chi connectivity index (χ3n) is 4.30. The third kappa shape index (κ3) is 8.28. The molecule has 1 N–H and O–H groups in total. The van der Waals surface area contributed by atoms with Crippen molar-refractivity contribution in [2.75, 3.05) is 44.4 Å².